The van der Waals surface area contributed by atoms with Crippen LogP contribution in [0.15, 0.2) is 66.8 Å². The second-order valence-corrected chi connectivity index (χ2v) is 8.16. The molecule has 2 fully saturated rings. The van der Waals surface area contributed by atoms with E-state index in [2.05, 4.69) is 17.5 Å². The highest BCUT2D eigenvalue weighted by Crippen LogP contribution is 2.53. The minimum Gasteiger partial charge on any atom is -0.497 e. The van der Waals surface area contributed by atoms with Crippen molar-refractivity contribution in [3.8, 4) is 5.75 Å². The van der Waals surface area contributed by atoms with Crippen LogP contribution in [0.3, 0.4) is 0 Å². The van der Waals surface area contributed by atoms with Gasteiger partial charge in [-0.3, -0.25) is 14.4 Å². The van der Waals surface area contributed by atoms with Crippen LogP contribution in [0.5, 0.6) is 5.75 Å². The van der Waals surface area contributed by atoms with Crippen molar-refractivity contribution in [2.75, 3.05) is 17.3 Å². The molecular weight excluding hydrogens is 392 g/mol. The molecule has 1 N–H and O–H groups in total. The van der Waals surface area contributed by atoms with E-state index in [0.717, 1.165) is 12.0 Å². The summed E-state index contributed by atoms with van der Waals surface area (Å²) in [5.74, 6) is 0.136. The summed E-state index contributed by atoms with van der Waals surface area (Å²) in [6.07, 6.45) is 8.17. The van der Waals surface area contributed by atoms with Crippen molar-refractivity contribution < 1.29 is 19.1 Å². The second-order valence-electron chi connectivity index (χ2n) is 8.16. The van der Waals surface area contributed by atoms with Crippen LogP contribution in [0.2, 0.25) is 0 Å². The molecule has 31 heavy (non-hydrogen) atoms. The lowest BCUT2D eigenvalue weighted by atomic mass is 9.85. The normalized spacial score (nSPS) is 26.0. The van der Waals surface area contributed by atoms with Crippen molar-refractivity contribution >= 4 is 35.2 Å². The van der Waals surface area contributed by atoms with Gasteiger partial charge in [0.15, 0.2) is 0 Å². The van der Waals surface area contributed by atoms with Crippen LogP contribution in [0.1, 0.15) is 12.0 Å². The number of nitrogens with zero attached hydrogens (tertiary/aromatic N) is 1. The van der Waals surface area contributed by atoms with E-state index in [9.17, 15) is 14.4 Å². The number of amides is 3. The average Bonchev–Trinajstić information content (AvgIpc) is 3.47. The molecule has 6 heteroatoms. The van der Waals surface area contributed by atoms with Crippen LogP contribution in [-0.4, -0.2) is 24.8 Å². The minimum atomic E-state index is -0.277. The lowest BCUT2D eigenvalue weighted by Crippen LogP contribution is -2.32. The average molecular weight is 414 g/mol. The molecule has 1 heterocycles. The molecule has 0 radical (unpaired) electrons. The number of anilines is 2. The summed E-state index contributed by atoms with van der Waals surface area (Å²) < 4.78 is 5.11. The molecule has 2 aromatic carbocycles. The Bertz CT molecular complexity index is 1090. The van der Waals surface area contributed by atoms with Crippen LogP contribution in [0, 0.1) is 23.7 Å². The summed E-state index contributed by atoms with van der Waals surface area (Å²) in [6.45, 7) is 0. The maximum Gasteiger partial charge on any atom is 0.248 e. The molecule has 1 saturated carbocycles. The Kier molecular flexibility index (Phi) is 4.70. The lowest BCUT2D eigenvalue weighted by molar-refractivity contribution is -0.123. The van der Waals surface area contributed by atoms with Crippen molar-refractivity contribution in [1.82, 2.24) is 0 Å². The van der Waals surface area contributed by atoms with E-state index in [1.54, 1.807) is 55.7 Å². The maximum atomic E-state index is 13.0. The molecule has 6 nitrogen and oxygen atoms in total. The second kappa shape index (κ2) is 7.54. The maximum absolute atomic E-state index is 13.0. The Hall–Kier alpha value is -3.67. The number of rotatable bonds is 5. The number of ether oxygens (including phenoxy) is 1. The van der Waals surface area contributed by atoms with Gasteiger partial charge in [-0.1, -0.05) is 24.3 Å². The van der Waals surface area contributed by atoms with Crippen molar-refractivity contribution in [3.63, 3.8) is 0 Å². The summed E-state index contributed by atoms with van der Waals surface area (Å²) in [5, 5.41) is 2.78. The highest BCUT2D eigenvalue weighted by atomic mass is 16.5. The number of allylic oxidation sites excluding steroid dienone is 2. The molecule has 2 bridgehead atoms. The third-order valence-corrected chi connectivity index (χ3v) is 6.38. The van der Waals surface area contributed by atoms with Gasteiger partial charge in [-0.15, -0.1) is 0 Å². The predicted molar refractivity (Wildman–Crippen MR) is 117 cm³/mol. The standard InChI is InChI=1S/C25H22N2O4/c1-31-20-10-8-18(9-11-20)26-21(28)12-5-15-3-2-4-19(13-15)27-24(29)22-16-6-7-17(14-16)23(22)25(27)30/h2-13,16-17,22-23H,14H2,1H3,(H,26,28)/b12-5+/t16-,17-,22+,23+/m1/s1. The Labute approximate surface area is 180 Å². The summed E-state index contributed by atoms with van der Waals surface area (Å²) >= 11 is 0. The van der Waals surface area contributed by atoms with E-state index in [1.165, 1.54) is 11.0 Å². The number of carbonyl (C=O) groups excluding carboxylic acids is 3. The van der Waals surface area contributed by atoms with Gasteiger partial charge in [0.25, 0.3) is 0 Å². The number of hydrogen-bond acceptors (Lipinski definition) is 4. The molecule has 2 aromatic rings. The first kappa shape index (κ1) is 19.3. The van der Waals surface area contributed by atoms with Gasteiger partial charge in [0.05, 0.1) is 24.6 Å². The fourth-order valence-corrected chi connectivity index (χ4v) is 4.95. The highest BCUT2D eigenvalue weighted by molar-refractivity contribution is 6.22. The number of fused-ring (bicyclic) bond motifs is 5. The fourth-order valence-electron chi connectivity index (χ4n) is 4.95. The van der Waals surface area contributed by atoms with Crippen LogP contribution in [0.4, 0.5) is 11.4 Å². The molecule has 3 amide bonds. The largest absolute Gasteiger partial charge is 0.497 e. The molecule has 156 valence electrons. The third-order valence-electron chi connectivity index (χ3n) is 6.38. The number of carbonyl (C=O) groups is 3. The fraction of sp³-hybridized carbons (Fsp3) is 0.240. The van der Waals surface area contributed by atoms with Crippen molar-refractivity contribution in [1.29, 1.82) is 0 Å². The summed E-state index contributed by atoms with van der Waals surface area (Å²) in [5.41, 5.74) is 1.95. The van der Waals surface area contributed by atoms with E-state index in [4.69, 9.17) is 4.74 Å². The van der Waals surface area contributed by atoms with Gasteiger partial charge in [-0.05, 0) is 66.3 Å². The highest BCUT2D eigenvalue weighted by Gasteiger charge is 2.59. The number of benzene rings is 2. The van der Waals surface area contributed by atoms with E-state index in [-0.39, 0.29) is 41.4 Å². The molecule has 4 atom stereocenters. The molecule has 0 aromatic heterocycles. The van der Waals surface area contributed by atoms with E-state index >= 15 is 0 Å². The summed E-state index contributed by atoms with van der Waals surface area (Å²) in [7, 11) is 1.58. The monoisotopic (exact) mass is 414 g/mol. The Morgan fingerprint density at radius 3 is 2.35 bits per heavy atom. The van der Waals surface area contributed by atoms with E-state index in [0.29, 0.717) is 17.1 Å². The van der Waals surface area contributed by atoms with Crippen LogP contribution >= 0.6 is 0 Å². The van der Waals surface area contributed by atoms with Crippen LogP contribution < -0.4 is 15.0 Å². The van der Waals surface area contributed by atoms with E-state index in [1.807, 2.05) is 6.07 Å². The zero-order valence-corrected chi connectivity index (χ0v) is 17.0. The molecule has 2 aliphatic carbocycles. The minimum absolute atomic E-state index is 0.106. The topological polar surface area (TPSA) is 75.7 Å². The Morgan fingerprint density at radius 1 is 1.03 bits per heavy atom. The lowest BCUT2D eigenvalue weighted by Gasteiger charge is -2.17. The van der Waals surface area contributed by atoms with Gasteiger partial charge in [-0.2, -0.15) is 0 Å². The van der Waals surface area contributed by atoms with E-state index < -0.39 is 0 Å². The van der Waals surface area contributed by atoms with Crippen LogP contribution in [0.25, 0.3) is 6.08 Å². The first-order chi connectivity index (χ1) is 15.0. The number of imide groups is 1. The quantitative estimate of drug-likeness (QED) is 0.460. The van der Waals surface area contributed by atoms with Gasteiger partial charge >= 0.3 is 0 Å². The molecule has 1 aliphatic heterocycles. The third kappa shape index (κ3) is 3.34. The Balaban J connectivity index is 1.30. The summed E-state index contributed by atoms with van der Waals surface area (Å²) in [4.78, 5) is 39.6. The Morgan fingerprint density at radius 2 is 1.71 bits per heavy atom. The number of methoxy groups -OCH3 is 1. The molecule has 0 spiro atoms. The summed E-state index contributed by atoms with van der Waals surface area (Å²) in [6, 6.07) is 14.2. The molecule has 3 aliphatic rings. The molecule has 1 saturated heterocycles. The van der Waals surface area contributed by atoms with Gasteiger partial charge < -0.3 is 10.1 Å². The zero-order chi connectivity index (χ0) is 21.5. The van der Waals surface area contributed by atoms with Crippen molar-refractivity contribution in [3.05, 3.63) is 72.3 Å². The van der Waals surface area contributed by atoms with Gasteiger partial charge in [0.2, 0.25) is 17.7 Å². The smallest absolute Gasteiger partial charge is 0.248 e. The van der Waals surface area contributed by atoms with Gasteiger partial charge in [0.1, 0.15) is 5.75 Å². The zero-order valence-electron chi connectivity index (χ0n) is 17.0. The van der Waals surface area contributed by atoms with Gasteiger partial charge in [0, 0.05) is 11.8 Å². The van der Waals surface area contributed by atoms with Crippen molar-refractivity contribution in [2.24, 2.45) is 23.7 Å². The van der Waals surface area contributed by atoms with Crippen molar-refractivity contribution in [2.45, 2.75) is 6.42 Å². The number of nitrogens with one attached hydrogen (secondary N) is 1. The first-order valence-corrected chi connectivity index (χ1v) is 10.3. The van der Waals surface area contributed by atoms with Gasteiger partial charge in [-0.25, -0.2) is 4.90 Å². The SMILES string of the molecule is COc1ccc(NC(=O)/C=C/c2cccc(N3C(=O)[C@@H]4[C@@H](C3=O)[C@@H]3C=C[C@@H]4C3)c2)cc1. The molecule has 0 unspecified atom stereocenters. The predicted octanol–water partition coefficient (Wildman–Crippen LogP) is 3.66. The van der Waals surface area contributed by atoms with Crippen LogP contribution in [-0.2, 0) is 14.4 Å². The first-order valence-electron chi connectivity index (χ1n) is 10.3. The molecular formula is C25H22N2O4. The molecule has 5 rings (SSSR count). The number of hydrogen-bond donors (Lipinski definition) is 1.